The first-order valence-electron chi connectivity index (χ1n) is 12.5. The van der Waals surface area contributed by atoms with Crippen molar-refractivity contribution in [2.75, 3.05) is 0 Å². The minimum Gasteiger partial charge on any atom is -0.490 e. The number of pyridine rings is 1. The Morgan fingerprint density at radius 3 is 2.51 bits per heavy atom. The van der Waals surface area contributed by atoms with Crippen LogP contribution in [0.2, 0.25) is 0 Å². The molecule has 2 aromatic carbocycles. The zero-order chi connectivity index (χ0) is 24.2. The predicted octanol–water partition coefficient (Wildman–Crippen LogP) is 6.15. The number of ether oxygens (including phenoxy) is 1. The number of rotatable bonds is 6. The number of amides is 1. The van der Waals surface area contributed by atoms with Gasteiger partial charge in [0.1, 0.15) is 5.75 Å². The maximum absolute atomic E-state index is 12.7. The van der Waals surface area contributed by atoms with E-state index in [4.69, 9.17) is 4.74 Å². The first kappa shape index (κ1) is 23.1. The molecule has 2 heterocycles. The Hall–Kier alpha value is -3.67. The standard InChI is InChI=1S/C29H32N4O2/c1-19-6-7-20(2)16-25(15-19)35-24-11-8-21(9-12-24)28-26-17-22(10-13-27(26)32-33-28)29(34)31-18-23-5-3-4-14-30-23/h3-5,8-14,17,19-20,25H,6-7,15-16,18H2,1-2H3,(H,31,34)(H,32,33). The monoisotopic (exact) mass is 468 g/mol. The Bertz CT molecular complexity index is 1270. The average Bonchev–Trinajstić information content (AvgIpc) is 3.23. The van der Waals surface area contributed by atoms with Crippen molar-refractivity contribution in [2.45, 2.75) is 52.2 Å². The molecule has 0 spiro atoms. The van der Waals surface area contributed by atoms with E-state index < -0.39 is 0 Å². The molecule has 5 rings (SSSR count). The lowest BCUT2D eigenvalue weighted by Crippen LogP contribution is -2.23. The molecule has 2 atom stereocenters. The maximum Gasteiger partial charge on any atom is 0.251 e. The topological polar surface area (TPSA) is 79.9 Å². The third-order valence-electron chi connectivity index (χ3n) is 6.89. The number of aromatic amines is 1. The Morgan fingerprint density at radius 1 is 1.03 bits per heavy atom. The third-order valence-corrected chi connectivity index (χ3v) is 6.89. The number of carbonyl (C=O) groups is 1. The Labute approximate surface area is 206 Å². The molecule has 2 N–H and O–H groups in total. The molecule has 0 bridgehead atoms. The van der Waals surface area contributed by atoms with Crippen LogP contribution in [0.15, 0.2) is 66.9 Å². The molecule has 1 saturated carbocycles. The molecule has 1 aliphatic rings. The van der Waals surface area contributed by atoms with Crippen LogP contribution in [-0.4, -0.2) is 27.2 Å². The zero-order valence-electron chi connectivity index (χ0n) is 20.3. The summed E-state index contributed by atoms with van der Waals surface area (Å²) in [5, 5.41) is 11.5. The van der Waals surface area contributed by atoms with Crippen LogP contribution in [0.5, 0.6) is 5.75 Å². The fourth-order valence-corrected chi connectivity index (χ4v) is 4.93. The normalized spacial score (nSPS) is 20.3. The maximum atomic E-state index is 12.7. The summed E-state index contributed by atoms with van der Waals surface area (Å²) >= 11 is 0. The van der Waals surface area contributed by atoms with Crippen LogP contribution in [0.25, 0.3) is 22.2 Å². The molecule has 6 nitrogen and oxygen atoms in total. The van der Waals surface area contributed by atoms with Gasteiger partial charge in [0.15, 0.2) is 0 Å². The fourth-order valence-electron chi connectivity index (χ4n) is 4.93. The van der Waals surface area contributed by atoms with Crippen molar-refractivity contribution in [3.05, 3.63) is 78.1 Å². The van der Waals surface area contributed by atoms with Crippen molar-refractivity contribution in [1.29, 1.82) is 0 Å². The number of hydrogen-bond acceptors (Lipinski definition) is 4. The molecule has 35 heavy (non-hydrogen) atoms. The molecular weight excluding hydrogens is 436 g/mol. The highest BCUT2D eigenvalue weighted by atomic mass is 16.5. The van der Waals surface area contributed by atoms with Crippen LogP contribution in [0, 0.1) is 11.8 Å². The molecule has 0 saturated heterocycles. The van der Waals surface area contributed by atoms with Gasteiger partial charge in [0, 0.05) is 22.7 Å². The van der Waals surface area contributed by atoms with E-state index in [2.05, 4.69) is 34.3 Å². The summed E-state index contributed by atoms with van der Waals surface area (Å²) in [4.78, 5) is 17.0. The molecule has 1 aliphatic carbocycles. The summed E-state index contributed by atoms with van der Waals surface area (Å²) in [6.07, 6.45) is 6.79. The van der Waals surface area contributed by atoms with E-state index in [1.807, 2.05) is 60.7 Å². The average molecular weight is 469 g/mol. The molecule has 0 radical (unpaired) electrons. The first-order valence-corrected chi connectivity index (χ1v) is 12.5. The van der Waals surface area contributed by atoms with E-state index in [0.29, 0.717) is 23.9 Å². The summed E-state index contributed by atoms with van der Waals surface area (Å²) in [7, 11) is 0. The molecule has 4 aromatic rings. The lowest BCUT2D eigenvalue weighted by atomic mass is 10.0. The minimum absolute atomic E-state index is 0.139. The van der Waals surface area contributed by atoms with Crippen molar-refractivity contribution in [3.63, 3.8) is 0 Å². The van der Waals surface area contributed by atoms with Gasteiger partial charge in [-0.05, 0) is 79.3 Å². The Kier molecular flexibility index (Phi) is 6.80. The molecule has 1 amide bonds. The van der Waals surface area contributed by atoms with Crippen LogP contribution in [-0.2, 0) is 6.54 Å². The third kappa shape index (κ3) is 5.53. The highest BCUT2D eigenvalue weighted by Crippen LogP contribution is 2.32. The van der Waals surface area contributed by atoms with Gasteiger partial charge in [0.05, 0.1) is 29.6 Å². The largest absolute Gasteiger partial charge is 0.490 e. The number of hydrogen-bond donors (Lipinski definition) is 2. The van der Waals surface area contributed by atoms with Crippen LogP contribution >= 0.6 is 0 Å². The summed E-state index contributed by atoms with van der Waals surface area (Å²) in [6.45, 7) is 5.04. The van der Waals surface area contributed by atoms with Gasteiger partial charge in [-0.2, -0.15) is 5.10 Å². The zero-order valence-corrected chi connectivity index (χ0v) is 20.3. The van der Waals surface area contributed by atoms with Crippen molar-refractivity contribution < 1.29 is 9.53 Å². The molecule has 0 aliphatic heterocycles. The second-order valence-corrected chi connectivity index (χ2v) is 9.86. The number of nitrogens with one attached hydrogen (secondary N) is 2. The minimum atomic E-state index is -0.139. The van der Waals surface area contributed by atoms with Crippen molar-refractivity contribution in [3.8, 4) is 17.0 Å². The highest BCUT2D eigenvalue weighted by Gasteiger charge is 2.23. The Balaban J connectivity index is 1.31. The van der Waals surface area contributed by atoms with Crippen molar-refractivity contribution >= 4 is 16.8 Å². The summed E-state index contributed by atoms with van der Waals surface area (Å²) < 4.78 is 6.36. The number of fused-ring (bicyclic) bond motifs is 1. The van der Waals surface area contributed by atoms with Crippen LogP contribution in [0.1, 0.15) is 55.6 Å². The molecule has 1 fully saturated rings. The summed E-state index contributed by atoms with van der Waals surface area (Å²) in [5.74, 6) is 2.17. The van der Waals surface area contributed by atoms with Gasteiger partial charge >= 0.3 is 0 Å². The van der Waals surface area contributed by atoms with Crippen molar-refractivity contribution in [1.82, 2.24) is 20.5 Å². The smallest absolute Gasteiger partial charge is 0.251 e. The summed E-state index contributed by atoms with van der Waals surface area (Å²) in [5.41, 5.74) is 4.11. The van der Waals surface area contributed by atoms with E-state index in [1.165, 1.54) is 12.8 Å². The van der Waals surface area contributed by atoms with Crippen LogP contribution < -0.4 is 10.1 Å². The van der Waals surface area contributed by atoms with E-state index in [1.54, 1.807) is 6.20 Å². The quantitative estimate of drug-likeness (QED) is 0.333. The molecule has 180 valence electrons. The second kappa shape index (κ2) is 10.3. The molecule has 6 heteroatoms. The first-order chi connectivity index (χ1) is 17.0. The SMILES string of the molecule is CC1CCC(C)CC(Oc2ccc(-c3n[nH]c4ccc(C(=O)NCc5ccccn5)cc34)cc2)C1. The van der Waals surface area contributed by atoms with Gasteiger partial charge < -0.3 is 10.1 Å². The van der Waals surface area contributed by atoms with E-state index in [0.717, 1.165) is 46.4 Å². The van der Waals surface area contributed by atoms with E-state index >= 15 is 0 Å². The van der Waals surface area contributed by atoms with Crippen molar-refractivity contribution in [2.24, 2.45) is 11.8 Å². The predicted molar refractivity (Wildman–Crippen MR) is 138 cm³/mol. The lowest BCUT2D eigenvalue weighted by Gasteiger charge is -2.20. The van der Waals surface area contributed by atoms with E-state index in [-0.39, 0.29) is 12.0 Å². The van der Waals surface area contributed by atoms with Gasteiger partial charge in [-0.25, -0.2) is 0 Å². The highest BCUT2D eigenvalue weighted by molar-refractivity contribution is 6.01. The second-order valence-electron chi connectivity index (χ2n) is 9.86. The van der Waals surface area contributed by atoms with E-state index in [9.17, 15) is 4.79 Å². The molecule has 2 aromatic heterocycles. The number of aromatic nitrogens is 3. The van der Waals surface area contributed by atoms with Gasteiger partial charge in [-0.3, -0.25) is 14.9 Å². The van der Waals surface area contributed by atoms with Crippen LogP contribution in [0.3, 0.4) is 0 Å². The molecule has 2 unspecified atom stereocenters. The fraction of sp³-hybridized carbons (Fsp3) is 0.345. The summed E-state index contributed by atoms with van der Waals surface area (Å²) in [6, 6.07) is 19.4. The van der Waals surface area contributed by atoms with Crippen LogP contribution in [0.4, 0.5) is 0 Å². The van der Waals surface area contributed by atoms with Gasteiger partial charge in [0.25, 0.3) is 5.91 Å². The van der Waals surface area contributed by atoms with Gasteiger partial charge in [-0.15, -0.1) is 0 Å². The number of H-pyrrole nitrogens is 1. The number of carbonyl (C=O) groups excluding carboxylic acids is 1. The van der Waals surface area contributed by atoms with Gasteiger partial charge in [0.2, 0.25) is 0 Å². The Morgan fingerprint density at radius 2 is 1.80 bits per heavy atom. The van der Waals surface area contributed by atoms with Gasteiger partial charge in [-0.1, -0.05) is 32.8 Å². The number of benzene rings is 2. The molecular formula is C29H32N4O2. The number of nitrogens with zero attached hydrogens (tertiary/aromatic N) is 2. The lowest BCUT2D eigenvalue weighted by molar-refractivity contribution is 0.0950.